The molecule has 0 aliphatic carbocycles. The van der Waals surface area contributed by atoms with Crippen LogP contribution in [-0.4, -0.2) is 36.2 Å². The summed E-state index contributed by atoms with van der Waals surface area (Å²) in [5.41, 5.74) is 0. The summed E-state index contributed by atoms with van der Waals surface area (Å²) in [7, 11) is 1.99. The highest BCUT2D eigenvalue weighted by Gasteiger charge is 2.06. The van der Waals surface area contributed by atoms with Gasteiger partial charge in [0.25, 0.3) is 0 Å². The van der Waals surface area contributed by atoms with Crippen molar-refractivity contribution in [2.75, 3.05) is 20.2 Å². The predicted octanol–water partition coefficient (Wildman–Crippen LogP) is 0.875. The van der Waals surface area contributed by atoms with Crippen LogP contribution < -0.4 is 0 Å². The van der Waals surface area contributed by atoms with E-state index in [1.807, 2.05) is 7.05 Å². The van der Waals surface area contributed by atoms with Crippen LogP contribution in [0, 0.1) is 0 Å². The molecule has 0 aromatic rings. The lowest BCUT2D eigenvalue weighted by molar-refractivity contribution is 0.177. The van der Waals surface area contributed by atoms with Crippen LogP contribution in [0.2, 0.25) is 0 Å². The molecule has 0 spiro atoms. The van der Waals surface area contributed by atoms with Crippen molar-refractivity contribution in [1.29, 1.82) is 0 Å². The van der Waals surface area contributed by atoms with Crippen molar-refractivity contribution in [2.45, 2.75) is 19.4 Å². The lowest BCUT2D eigenvalue weighted by Gasteiger charge is -2.22. The smallest absolute Gasteiger partial charge is 0.0622 e. The van der Waals surface area contributed by atoms with Gasteiger partial charge in [-0.2, -0.15) is 0 Å². The largest absolute Gasteiger partial charge is 0.394 e. The summed E-state index contributed by atoms with van der Waals surface area (Å²) < 4.78 is 0. The van der Waals surface area contributed by atoms with Crippen molar-refractivity contribution in [3.8, 4) is 0 Å². The Morgan fingerprint density at radius 2 is 2.30 bits per heavy atom. The SMILES string of the molecule is C=C[C@H](CO)N(C)CCC. The lowest BCUT2D eigenvalue weighted by Crippen LogP contribution is -2.33. The third kappa shape index (κ3) is 2.99. The number of rotatable bonds is 5. The van der Waals surface area contributed by atoms with E-state index in [4.69, 9.17) is 5.11 Å². The zero-order valence-corrected chi connectivity index (χ0v) is 6.88. The molecule has 0 saturated heterocycles. The predicted molar refractivity (Wildman–Crippen MR) is 44.0 cm³/mol. The molecule has 2 heteroatoms. The van der Waals surface area contributed by atoms with Gasteiger partial charge >= 0.3 is 0 Å². The summed E-state index contributed by atoms with van der Waals surface area (Å²) in [5, 5.41) is 8.81. The molecule has 10 heavy (non-hydrogen) atoms. The second-order valence-electron chi connectivity index (χ2n) is 2.47. The molecule has 0 heterocycles. The maximum absolute atomic E-state index is 8.81. The third-order valence-corrected chi connectivity index (χ3v) is 1.60. The Hall–Kier alpha value is -0.340. The van der Waals surface area contributed by atoms with Crippen molar-refractivity contribution in [2.24, 2.45) is 0 Å². The molecule has 0 rings (SSSR count). The fourth-order valence-electron chi connectivity index (χ4n) is 0.912. The van der Waals surface area contributed by atoms with Gasteiger partial charge in [0.2, 0.25) is 0 Å². The van der Waals surface area contributed by atoms with Gasteiger partial charge in [-0.1, -0.05) is 13.0 Å². The molecule has 1 atom stereocenters. The minimum Gasteiger partial charge on any atom is -0.394 e. The molecule has 0 fully saturated rings. The molecule has 1 N–H and O–H groups in total. The van der Waals surface area contributed by atoms with E-state index in [1.165, 1.54) is 0 Å². The van der Waals surface area contributed by atoms with Gasteiger partial charge in [-0.05, 0) is 20.0 Å². The van der Waals surface area contributed by atoms with Crippen LogP contribution in [0.25, 0.3) is 0 Å². The molecule has 2 nitrogen and oxygen atoms in total. The van der Waals surface area contributed by atoms with E-state index in [0.717, 1.165) is 13.0 Å². The van der Waals surface area contributed by atoms with Crippen LogP contribution in [0.3, 0.4) is 0 Å². The normalized spacial score (nSPS) is 13.6. The van der Waals surface area contributed by atoms with Crippen molar-refractivity contribution in [1.82, 2.24) is 4.90 Å². The maximum Gasteiger partial charge on any atom is 0.0622 e. The van der Waals surface area contributed by atoms with Gasteiger partial charge < -0.3 is 5.11 Å². The van der Waals surface area contributed by atoms with E-state index in [-0.39, 0.29) is 12.6 Å². The van der Waals surface area contributed by atoms with E-state index < -0.39 is 0 Å². The Morgan fingerprint density at radius 1 is 1.70 bits per heavy atom. The summed E-state index contributed by atoms with van der Waals surface area (Å²) in [6, 6.07) is 0.125. The number of nitrogens with zero attached hydrogens (tertiary/aromatic N) is 1. The second kappa shape index (κ2) is 5.45. The number of aliphatic hydroxyl groups is 1. The molecule has 0 amide bonds. The Bertz CT molecular complexity index is 93.3. The zero-order valence-electron chi connectivity index (χ0n) is 6.88. The van der Waals surface area contributed by atoms with Gasteiger partial charge in [0.05, 0.1) is 12.6 Å². The first-order valence-corrected chi connectivity index (χ1v) is 3.69. The number of hydrogen-bond acceptors (Lipinski definition) is 2. The number of aliphatic hydroxyl groups excluding tert-OH is 1. The van der Waals surface area contributed by atoms with Gasteiger partial charge in [0.15, 0.2) is 0 Å². The Balaban J connectivity index is 3.63. The summed E-state index contributed by atoms with van der Waals surface area (Å²) in [5.74, 6) is 0. The molecule has 0 saturated carbocycles. The second-order valence-corrected chi connectivity index (χ2v) is 2.47. The molecular formula is C8H17NO. The van der Waals surface area contributed by atoms with Gasteiger partial charge in [0.1, 0.15) is 0 Å². The summed E-state index contributed by atoms with van der Waals surface area (Å²) >= 11 is 0. The molecule has 0 aromatic heterocycles. The Kier molecular flexibility index (Phi) is 5.26. The first-order chi connectivity index (χ1) is 4.76. The molecular weight excluding hydrogens is 126 g/mol. The molecule has 60 valence electrons. The van der Waals surface area contributed by atoms with Crippen molar-refractivity contribution in [3.05, 3.63) is 12.7 Å². The maximum atomic E-state index is 8.81. The summed E-state index contributed by atoms with van der Waals surface area (Å²) in [6.07, 6.45) is 2.89. The first kappa shape index (κ1) is 9.66. The van der Waals surface area contributed by atoms with Crippen LogP contribution in [0.1, 0.15) is 13.3 Å². The first-order valence-electron chi connectivity index (χ1n) is 3.69. The van der Waals surface area contributed by atoms with Gasteiger partial charge in [-0.15, -0.1) is 6.58 Å². The van der Waals surface area contributed by atoms with E-state index in [9.17, 15) is 0 Å². The summed E-state index contributed by atoms with van der Waals surface area (Å²) in [4.78, 5) is 2.09. The number of hydrogen-bond donors (Lipinski definition) is 1. The van der Waals surface area contributed by atoms with Crippen molar-refractivity contribution >= 4 is 0 Å². The fraction of sp³-hybridized carbons (Fsp3) is 0.750. The molecule has 0 radical (unpaired) electrons. The summed E-state index contributed by atoms with van der Waals surface area (Å²) in [6.45, 7) is 6.93. The Morgan fingerprint density at radius 3 is 2.60 bits per heavy atom. The van der Waals surface area contributed by atoms with E-state index in [2.05, 4.69) is 18.4 Å². The quantitative estimate of drug-likeness (QED) is 0.577. The zero-order chi connectivity index (χ0) is 7.98. The Labute approximate surface area is 63.2 Å². The van der Waals surface area contributed by atoms with Crippen molar-refractivity contribution < 1.29 is 5.11 Å². The minimum atomic E-state index is 0.125. The minimum absolute atomic E-state index is 0.125. The monoisotopic (exact) mass is 143 g/mol. The topological polar surface area (TPSA) is 23.5 Å². The van der Waals surface area contributed by atoms with E-state index >= 15 is 0 Å². The van der Waals surface area contributed by atoms with E-state index in [1.54, 1.807) is 6.08 Å². The highest BCUT2D eigenvalue weighted by atomic mass is 16.3. The molecule has 0 unspecified atom stereocenters. The number of likely N-dealkylation sites (N-methyl/N-ethyl adjacent to an activating group) is 1. The third-order valence-electron chi connectivity index (χ3n) is 1.60. The van der Waals surface area contributed by atoms with Crippen LogP contribution in [-0.2, 0) is 0 Å². The van der Waals surface area contributed by atoms with Gasteiger partial charge in [0, 0.05) is 0 Å². The van der Waals surface area contributed by atoms with Gasteiger partial charge in [-0.25, -0.2) is 0 Å². The molecule has 0 aliphatic rings. The molecule has 0 aliphatic heterocycles. The molecule has 0 aromatic carbocycles. The van der Waals surface area contributed by atoms with Crippen LogP contribution in [0.4, 0.5) is 0 Å². The standard InChI is InChI=1S/C8H17NO/c1-4-6-9(3)8(5-2)7-10/h5,8,10H,2,4,6-7H2,1,3H3/t8-/m1/s1. The lowest BCUT2D eigenvalue weighted by atomic mass is 10.2. The van der Waals surface area contributed by atoms with Crippen molar-refractivity contribution in [3.63, 3.8) is 0 Å². The van der Waals surface area contributed by atoms with Gasteiger partial charge in [-0.3, -0.25) is 4.90 Å². The highest BCUT2D eigenvalue weighted by Crippen LogP contribution is 1.96. The average Bonchev–Trinajstić information content (AvgIpc) is 1.91. The van der Waals surface area contributed by atoms with Crippen LogP contribution in [0.5, 0.6) is 0 Å². The van der Waals surface area contributed by atoms with Crippen LogP contribution in [0.15, 0.2) is 12.7 Å². The highest BCUT2D eigenvalue weighted by molar-refractivity contribution is 4.85. The fourth-order valence-corrected chi connectivity index (χ4v) is 0.912. The van der Waals surface area contributed by atoms with E-state index in [0.29, 0.717) is 0 Å². The average molecular weight is 143 g/mol. The van der Waals surface area contributed by atoms with Crippen LogP contribution >= 0.6 is 0 Å². The molecule has 0 bridgehead atoms.